The Morgan fingerprint density at radius 2 is 1.89 bits per heavy atom. The number of aliphatic carboxylic acids is 1. The highest BCUT2D eigenvalue weighted by atomic mass is 32.2. The van der Waals surface area contributed by atoms with Gasteiger partial charge in [0, 0.05) is 4.90 Å². The first-order valence-corrected chi connectivity index (χ1v) is 5.34. The molecule has 94 valence electrons. The number of alkyl halides is 3. The summed E-state index contributed by atoms with van der Waals surface area (Å²) < 4.78 is 36.1. The zero-order valence-corrected chi connectivity index (χ0v) is 9.55. The maximum Gasteiger partial charge on any atom is 0.446 e. The summed E-state index contributed by atoms with van der Waals surface area (Å²) in [5.74, 6) is -1.38. The predicted molar refractivity (Wildman–Crippen MR) is 59.6 cm³/mol. The van der Waals surface area contributed by atoms with Crippen LogP contribution in [0.2, 0.25) is 0 Å². The molecule has 0 aliphatic rings. The molecule has 0 heterocycles. The van der Waals surface area contributed by atoms with Crippen LogP contribution in [-0.4, -0.2) is 16.6 Å². The first-order valence-electron chi connectivity index (χ1n) is 4.53. The molecule has 0 saturated carbocycles. The third-order valence-electron chi connectivity index (χ3n) is 1.78. The topological polar surface area (TPSA) is 61.1 Å². The fourth-order valence-corrected chi connectivity index (χ4v) is 1.61. The molecule has 1 aromatic rings. The SMILES string of the molecule is N#C/C(=C\c1ccc(SC(F)(F)F)cc1)C(=O)O. The van der Waals surface area contributed by atoms with Gasteiger partial charge in [-0.25, -0.2) is 4.79 Å². The Kier molecular flexibility index (Phi) is 4.39. The zero-order valence-electron chi connectivity index (χ0n) is 8.73. The Bertz CT molecular complexity index is 515. The maximum absolute atomic E-state index is 12.0. The van der Waals surface area contributed by atoms with Crippen molar-refractivity contribution in [1.29, 1.82) is 5.26 Å². The largest absolute Gasteiger partial charge is 0.477 e. The minimum Gasteiger partial charge on any atom is -0.477 e. The molecule has 0 spiro atoms. The molecule has 18 heavy (non-hydrogen) atoms. The highest BCUT2D eigenvalue weighted by Gasteiger charge is 2.28. The molecule has 0 amide bonds. The Morgan fingerprint density at radius 1 is 1.33 bits per heavy atom. The second-order valence-electron chi connectivity index (χ2n) is 3.09. The van der Waals surface area contributed by atoms with Crippen molar-refractivity contribution in [2.24, 2.45) is 0 Å². The van der Waals surface area contributed by atoms with Gasteiger partial charge < -0.3 is 5.11 Å². The summed E-state index contributed by atoms with van der Waals surface area (Å²) in [4.78, 5) is 10.5. The van der Waals surface area contributed by atoms with Gasteiger partial charge in [-0.05, 0) is 35.5 Å². The minimum absolute atomic E-state index is 0.00603. The van der Waals surface area contributed by atoms with Gasteiger partial charge in [0.05, 0.1) is 0 Å². The summed E-state index contributed by atoms with van der Waals surface area (Å²) in [6, 6.07) is 6.53. The van der Waals surface area contributed by atoms with E-state index >= 15 is 0 Å². The smallest absolute Gasteiger partial charge is 0.446 e. The summed E-state index contributed by atoms with van der Waals surface area (Å²) in [7, 11) is 0. The lowest BCUT2D eigenvalue weighted by atomic mass is 10.1. The average molecular weight is 273 g/mol. The Hall–Kier alpha value is -1.94. The van der Waals surface area contributed by atoms with E-state index in [0.29, 0.717) is 5.56 Å². The van der Waals surface area contributed by atoms with Gasteiger partial charge in [0.2, 0.25) is 0 Å². The average Bonchev–Trinajstić information content (AvgIpc) is 2.25. The summed E-state index contributed by atoms with van der Waals surface area (Å²) >= 11 is -0.262. The van der Waals surface area contributed by atoms with Crippen LogP contribution in [0.4, 0.5) is 13.2 Å². The number of thioether (sulfide) groups is 1. The number of halogens is 3. The minimum atomic E-state index is -4.36. The van der Waals surface area contributed by atoms with Gasteiger partial charge in [0.1, 0.15) is 11.6 Å². The van der Waals surface area contributed by atoms with Crippen LogP contribution in [-0.2, 0) is 4.79 Å². The molecule has 1 N–H and O–H groups in total. The molecule has 0 atom stereocenters. The van der Waals surface area contributed by atoms with Gasteiger partial charge in [-0.3, -0.25) is 0 Å². The van der Waals surface area contributed by atoms with Crippen LogP contribution in [0.15, 0.2) is 34.7 Å². The molecule has 0 fully saturated rings. The Balaban J connectivity index is 2.91. The highest BCUT2D eigenvalue weighted by molar-refractivity contribution is 8.00. The van der Waals surface area contributed by atoms with Gasteiger partial charge in [-0.2, -0.15) is 18.4 Å². The number of rotatable bonds is 3. The Labute approximate surface area is 105 Å². The molecule has 0 aliphatic carbocycles. The molecular weight excluding hydrogens is 267 g/mol. The molecule has 0 aliphatic heterocycles. The molecule has 0 radical (unpaired) electrons. The lowest BCUT2D eigenvalue weighted by Crippen LogP contribution is -1.99. The van der Waals surface area contributed by atoms with E-state index in [1.165, 1.54) is 30.3 Å². The van der Waals surface area contributed by atoms with Gasteiger partial charge in [0.15, 0.2) is 0 Å². The molecule has 1 aromatic carbocycles. The number of hydrogen-bond donors (Lipinski definition) is 1. The number of carboxylic acids is 1. The summed E-state index contributed by atoms with van der Waals surface area (Å²) in [5, 5.41) is 17.1. The van der Waals surface area contributed by atoms with E-state index < -0.39 is 17.1 Å². The van der Waals surface area contributed by atoms with Crippen molar-refractivity contribution in [3.63, 3.8) is 0 Å². The first-order chi connectivity index (χ1) is 8.31. The van der Waals surface area contributed by atoms with Crippen LogP contribution >= 0.6 is 11.8 Å². The quantitative estimate of drug-likeness (QED) is 0.521. The van der Waals surface area contributed by atoms with Gasteiger partial charge in [-0.1, -0.05) is 12.1 Å². The molecule has 0 unspecified atom stereocenters. The van der Waals surface area contributed by atoms with E-state index in [2.05, 4.69) is 0 Å². The number of hydrogen-bond acceptors (Lipinski definition) is 3. The van der Waals surface area contributed by atoms with E-state index in [1.807, 2.05) is 0 Å². The van der Waals surface area contributed by atoms with Crippen LogP contribution in [0.5, 0.6) is 0 Å². The fourth-order valence-electron chi connectivity index (χ4n) is 1.07. The molecule has 3 nitrogen and oxygen atoms in total. The van der Waals surface area contributed by atoms with Gasteiger partial charge in [0.25, 0.3) is 0 Å². The van der Waals surface area contributed by atoms with E-state index in [4.69, 9.17) is 10.4 Å². The van der Waals surface area contributed by atoms with Gasteiger partial charge >= 0.3 is 11.5 Å². The van der Waals surface area contributed by atoms with Crippen LogP contribution in [0.25, 0.3) is 6.08 Å². The van der Waals surface area contributed by atoms with Crippen molar-refractivity contribution >= 4 is 23.8 Å². The normalized spacial score (nSPS) is 12.0. The van der Waals surface area contributed by atoms with Crippen molar-refractivity contribution in [2.45, 2.75) is 10.4 Å². The third kappa shape index (κ3) is 4.51. The number of nitrogens with zero attached hydrogens (tertiary/aromatic N) is 1. The molecule has 0 saturated heterocycles. The molecule has 0 aromatic heterocycles. The summed E-state index contributed by atoms with van der Waals surface area (Å²) in [6.45, 7) is 0. The number of benzene rings is 1. The van der Waals surface area contributed by atoms with E-state index in [1.54, 1.807) is 0 Å². The van der Waals surface area contributed by atoms with Crippen molar-refractivity contribution in [2.75, 3.05) is 0 Å². The van der Waals surface area contributed by atoms with E-state index in [9.17, 15) is 18.0 Å². The number of nitriles is 1. The van der Waals surface area contributed by atoms with E-state index in [-0.39, 0.29) is 16.7 Å². The third-order valence-corrected chi connectivity index (χ3v) is 2.51. The lowest BCUT2D eigenvalue weighted by molar-refractivity contribution is -0.132. The summed E-state index contributed by atoms with van der Waals surface area (Å²) in [6.07, 6.45) is 1.09. The monoisotopic (exact) mass is 273 g/mol. The van der Waals surface area contributed by atoms with E-state index in [0.717, 1.165) is 6.08 Å². The zero-order chi connectivity index (χ0) is 13.8. The molecule has 0 bridgehead atoms. The van der Waals surface area contributed by atoms with Crippen molar-refractivity contribution in [3.8, 4) is 6.07 Å². The Morgan fingerprint density at radius 3 is 2.28 bits per heavy atom. The second-order valence-corrected chi connectivity index (χ2v) is 4.23. The highest BCUT2D eigenvalue weighted by Crippen LogP contribution is 2.36. The fraction of sp³-hybridized carbons (Fsp3) is 0.0909. The van der Waals surface area contributed by atoms with Crippen LogP contribution in [0.1, 0.15) is 5.56 Å². The standard InChI is InChI=1S/C11H6F3NO2S/c12-11(13,14)18-9-3-1-7(2-4-9)5-8(6-15)10(16)17/h1-5H,(H,16,17)/b8-5+. The summed E-state index contributed by atoms with van der Waals surface area (Å²) in [5.41, 5.74) is -4.50. The molecule has 7 heteroatoms. The van der Waals surface area contributed by atoms with Crippen molar-refractivity contribution in [1.82, 2.24) is 0 Å². The van der Waals surface area contributed by atoms with Crippen LogP contribution in [0, 0.1) is 11.3 Å². The van der Waals surface area contributed by atoms with Crippen molar-refractivity contribution in [3.05, 3.63) is 35.4 Å². The molecule has 1 rings (SSSR count). The lowest BCUT2D eigenvalue weighted by Gasteiger charge is -2.05. The first kappa shape index (κ1) is 14.1. The predicted octanol–water partition coefficient (Wildman–Crippen LogP) is 3.29. The number of carbonyl (C=O) groups is 1. The second kappa shape index (κ2) is 5.60. The molecular formula is C11H6F3NO2S. The van der Waals surface area contributed by atoms with Gasteiger partial charge in [-0.15, -0.1) is 0 Å². The number of carboxylic acid groups (broad SMARTS) is 1. The van der Waals surface area contributed by atoms with Crippen molar-refractivity contribution < 1.29 is 23.1 Å². The van der Waals surface area contributed by atoms with Crippen LogP contribution in [0.3, 0.4) is 0 Å². The van der Waals surface area contributed by atoms with Crippen LogP contribution < -0.4 is 0 Å². The maximum atomic E-state index is 12.0.